The van der Waals surface area contributed by atoms with Crippen molar-refractivity contribution in [2.75, 3.05) is 5.73 Å². The van der Waals surface area contributed by atoms with E-state index in [2.05, 4.69) is 13.0 Å². The van der Waals surface area contributed by atoms with Crippen LogP contribution in [-0.2, 0) is 6.42 Å². The highest BCUT2D eigenvalue weighted by molar-refractivity contribution is 5.90. The number of fused-ring (bicyclic) bond motifs is 1. The molecular formula is C12H12N2O. The molecule has 1 heterocycles. The molecule has 2 aromatic rings. The Hall–Kier alpha value is -1.95. The first kappa shape index (κ1) is 9.60. The molecule has 0 aliphatic rings. The molecule has 0 bridgehead atoms. The van der Waals surface area contributed by atoms with E-state index in [1.165, 1.54) is 0 Å². The molecule has 0 radical (unpaired) electrons. The number of anilines is 1. The summed E-state index contributed by atoms with van der Waals surface area (Å²) in [5, 5.41) is 9.76. The molecule has 15 heavy (non-hydrogen) atoms. The number of benzene rings is 1. The first-order valence-corrected chi connectivity index (χ1v) is 4.98. The molecule has 0 atom stereocenters. The number of aryl methyl sites for hydroxylation is 1. The van der Waals surface area contributed by atoms with Gasteiger partial charge in [-0.1, -0.05) is 25.5 Å². The van der Waals surface area contributed by atoms with E-state index in [9.17, 15) is 0 Å². The Morgan fingerprint density at radius 3 is 2.93 bits per heavy atom. The summed E-state index contributed by atoms with van der Waals surface area (Å²) in [6.07, 6.45) is 1.98. The summed E-state index contributed by atoms with van der Waals surface area (Å²) in [6.45, 7) is 2.11. The van der Waals surface area contributed by atoms with Crippen LogP contribution in [-0.4, -0.2) is 0 Å². The molecule has 0 aliphatic heterocycles. The van der Waals surface area contributed by atoms with Crippen molar-refractivity contribution in [1.29, 1.82) is 5.26 Å². The van der Waals surface area contributed by atoms with Crippen LogP contribution in [0, 0.1) is 11.3 Å². The zero-order chi connectivity index (χ0) is 10.8. The standard InChI is InChI=1S/C12H12N2O/c1-2-4-8-5-3-6-9-10(7-13)12(14)15-11(8)9/h3,5-6H,2,4,14H2,1H3. The quantitative estimate of drug-likeness (QED) is 0.810. The van der Waals surface area contributed by atoms with Gasteiger partial charge in [-0.15, -0.1) is 0 Å². The van der Waals surface area contributed by atoms with E-state index >= 15 is 0 Å². The van der Waals surface area contributed by atoms with E-state index in [1.807, 2.05) is 18.2 Å². The number of nitrogens with two attached hydrogens (primary N) is 1. The van der Waals surface area contributed by atoms with Gasteiger partial charge in [0.15, 0.2) is 0 Å². The molecule has 3 nitrogen and oxygen atoms in total. The third-order valence-corrected chi connectivity index (χ3v) is 2.46. The van der Waals surface area contributed by atoms with Gasteiger partial charge in [0.1, 0.15) is 17.2 Å². The number of para-hydroxylation sites is 1. The first-order chi connectivity index (χ1) is 7.27. The van der Waals surface area contributed by atoms with Crippen LogP contribution in [0.1, 0.15) is 24.5 Å². The van der Waals surface area contributed by atoms with Crippen LogP contribution in [0.2, 0.25) is 0 Å². The zero-order valence-corrected chi connectivity index (χ0v) is 8.58. The summed E-state index contributed by atoms with van der Waals surface area (Å²) < 4.78 is 5.43. The highest BCUT2D eigenvalue weighted by Gasteiger charge is 2.13. The number of furan rings is 1. The molecule has 0 saturated carbocycles. The van der Waals surface area contributed by atoms with Gasteiger partial charge >= 0.3 is 0 Å². The average molecular weight is 200 g/mol. The van der Waals surface area contributed by atoms with Gasteiger partial charge in [-0.2, -0.15) is 5.26 Å². The third kappa shape index (κ3) is 1.44. The van der Waals surface area contributed by atoms with Gasteiger partial charge in [0.05, 0.1) is 0 Å². The maximum absolute atomic E-state index is 8.94. The van der Waals surface area contributed by atoms with Crippen molar-refractivity contribution in [1.82, 2.24) is 0 Å². The van der Waals surface area contributed by atoms with E-state index in [-0.39, 0.29) is 5.88 Å². The Kier molecular flexibility index (Phi) is 2.34. The van der Waals surface area contributed by atoms with Gasteiger partial charge in [0.25, 0.3) is 0 Å². The molecule has 3 heteroatoms. The molecule has 0 amide bonds. The number of hydrogen-bond acceptors (Lipinski definition) is 3. The van der Waals surface area contributed by atoms with Gasteiger partial charge in [-0.05, 0) is 18.1 Å². The van der Waals surface area contributed by atoms with Crippen molar-refractivity contribution in [3.63, 3.8) is 0 Å². The van der Waals surface area contributed by atoms with Crippen LogP contribution >= 0.6 is 0 Å². The number of rotatable bonds is 2. The van der Waals surface area contributed by atoms with Crippen molar-refractivity contribution in [2.45, 2.75) is 19.8 Å². The minimum Gasteiger partial charge on any atom is -0.439 e. The smallest absolute Gasteiger partial charge is 0.209 e. The summed E-state index contributed by atoms with van der Waals surface area (Å²) >= 11 is 0. The number of hydrogen-bond donors (Lipinski definition) is 1. The van der Waals surface area contributed by atoms with Crippen molar-refractivity contribution >= 4 is 16.9 Å². The topological polar surface area (TPSA) is 63.0 Å². The minimum absolute atomic E-state index is 0.219. The van der Waals surface area contributed by atoms with Gasteiger partial charge in [-0.25, -0.2) is 0 Å². The van der Waals surface area contributed by atoms with E-state index < -0.39 is 0 Å². The molecule has 76 valence electrons. The molecule has 0 unspecified atom stereocenters. The van der Waals surface area contributed by atoms with Gasteiger partial charge in [0.2, 0.25) is 5.88 Å². The van der Waals surface area contributed by atoms with Gasteiger partial charge < -0.3 is 10.2 Å². The number of nitriles is 1. The fraction of sp³-hybridized carbons (Fsp3) is 0.250. The highest BCUT2D eigenvalue weighted by Crippen LogP contribution is 2.30. The molecule has 1 aromatic heterocycles. The number of nitrogens with zero attached hydrogens (tertiary/aromatic N) is 1. The predicted octanol–water partition coefficient (Wildman–Crippen LogP) is 2.84. The minimum atomic E-state index is 0.219. The molecule has 0 aliphatic carbocycles. The van der Waals surface area contributed by atoms with Crippen molar-refractivity contribution in [3.8, 4) is 6.07 Å². The molecule has 2 N–H and O–H groups in total. The lowest BCUT2D eigenvalue weighted by Crippen LogP contribution is -1.83. The highest BCUT2D eigenvalue weighted by atomic mass is 16.3. The number of nitrogen functional groups attached to an aromatic ring is 1. The summed E-state index contributed by atoms with van der Waals surface area (Å²) in [7, 11) is 0. The Morgan fingerprint density at radius 2 is 2.27 bits per heavy atom. The molecule has 0 saturated heterocycles. The predicted molar refractivity (Wildman–Crippen MR) is 59.3 cm³/mol. The monoisotopic (exact) mass is 200 g/mol. The fourth-order valence-corrected chi connectivity index (χ4v) is 1.78. The second kappa shape index (κ2) is 3.66. The normalized spacial score (nSPS) is 10.4. The fourth-order valence-electron chi connectivity index (χ4n) is 1.78. The summed E-state index contributed by atoms with van der Waals surface area (Å²) in [4.78, 5) is 0. The third-order valence-electron chi connectivity index (χ3n) is 2.46. The molecule has 1 aromatic carbocycles. The lowest BCUT2D eigenvalue weighted by atomic mass is 10.1. The second-order valence-corrected chi connectivity index (χ2v) is 3.50. The maximum atomic E-state index is 8.94. The van der Waals surface area contributed by atoms with Crippen LogP contribution in [0.4, 0.5) is 5.88 Å². The molecule has 2 rings (SSSR count). The van der Waals surface area contributed by atoms with E-state index in [1.54, 1.807) is 0 Å². The van der Waals surface area contributed by atoms with E-state index in [4.69, 9.17) is 15.4 Å². The Morgan fingerprint density at radius 1 is 1.47 bits per heavy atom. The van der Waals surface area contributed by atoms with Crippen LogP contribution < -0.4 is 5.73 Å². The average Bonchev–Trinajstić information content (AvgIpc) is 2.55. The van der Waals surface area contributed by atoms with Crippen LogP contribution in [0.5, 0.6) is 0 Å². The maximum Gasteiger partial charge on any atom is 0.209 e. The van der Waals surface area contributed by atoms with Crippen LogP contribution in [0.25, 0.3) is 11.0 Å². The molecule has 0 spiro atoms. The van der Waals surface area contributed by atoms with Gasteiger partial charge in [-0.3, -0.25) is 0 Å². The van der Waals surface area contributed by atoms with Crippen molar-refractivity contribution in [2.24, 2.45) is 0 Å². The SMILES string of the molecule is CCCc1cccc2c(C#N)c(N)oc12. The summed E-state index contributed by atoms with van der Waals surface area (Å²) in [5.74, 6) is 0.219. The lowest BCUT2D eigenvalue weighted by Gasteiger charge is -1.98. The molecular weight excluding hydrogens is 188 g/mol. The molecule has 0 fully saturated rings. The Balaban J connectivity index is 2.73. The van der Waals surface area contributed by atoms with Crippen LogP contribution in [0.15, 0.2) is 22.6 Å². The largest absolute Gasteiger partial charge is 0.439 e. The van der Waals surface area contributed by atoms with E-state index in [0.29, 0.717) is 5.56 Å². The van der Waals surface area contributed by atoms with Crippen molar-refractivity contribution in [3.05, 3.63) is 29.3 Å². The Labute approximate surface area is 88.1 Å². The van der Waals surface area contributed by atoms with Crippen molar-refractivity contribution < 1.29 is 4.42 Å². The Bertz CT molecular complexity index is 534. The summed E-state index contributed by atoms with van der Waals surface area (Å²) in [5.41, 5.74) is 7.96. The second-order valence-electron chi connectivity index (χ2n) is 3.50. The first-order valence-electron chi connectivity index (χ1n) is 4.98. The summed E-state index contributed by atoms with van der Waals surface area (Å²) in [6, 6.07) is 7.88. The van der Waals surface area contributed by atoms with Gasteiger partial charge in [0, 0.05) is 5.39 Å². The lowest BCUT2D eigenvalue weighted by molar-refractivity contribution is 0.630. The zero-order valence-electron chi connectivity index (χ0n) is 8.58. The van der Waals surface area contributed by atoms with Crippen LogP contribution in [0.3, 0.4) is 0 Å². The van der Waals surface area contributed by atoms with E-state index in [0.717, 1.165) is 29.4 Å².